The van der Waals surface area contributed by atoms with E-state index in [2.05, 4.69) is 17.6 Å². The predicted octanol–water partition coefficient (Wildman–Crippen LogP) is 2.23. The standard InChI is InChI=1S/C13H22N2O2/c1-4-6-10(2)15-13(16)9-14-11(3)12-7-5-8-17-12/h5,7-8,10-11,14H,4,6,9H2,1-3H3,(H,15,16)/t10?,11-/m1/s1. The van der Waals surface area contributed by atoms with Crippen LogP contribution in [0, 0.1) is 0 Å². The van der Waals surface area contributed by atoms with Crippen LogP contribution in [0.5, 0.6) is 0 Å². The van der Waals surface area contributed by atoms with E-state index >= 15 is 0 Å². The lowest BCUT2D eigenvalue weighted by Crippen LogP contribution is -2.39. The first-order valence-corrected chi connectivity index (χ1v) is 6.19. The lowest BCUT2D eigenvalue weighted by molar-refractivity contribution is -0.121. The molecule has 0 aromatic carbocycles. The van der Waals surface area contributed by atoms with Crippen molar-refractivity contribution in [2.24, 2.45) is 0 Å². The molecule has 1 aromatic heterocycles. The molecule has 0 aliphatic carbocycles. The molecule has 0 aliphatic heterocycles. The Bertz CT molecular complexity index is 322. The number of carbonyl (C=O) groups excluding carboxylic acids is 1. The second-order valence-corrected chi connectivity index (χ2v) is 4.38. The van der Waals surface area contributed by atoms with E-state index in [1.165, 1.54) is 0 Å². The highest BCUT2D eigenvalue weighted by Gasteiger charge is 2.10. The van der Waals surface area contributed by atoms with Gasteiger partial charge in [-0.25, -0.2) is 0 Å². The number of furan rings is 1. The second kappa shape index (κ2) is 7.12. The molecule has 1 amide bonds. The highest BCUT2D eigenvalue weighted by molar-refractivity contribution is 5.78. The molecule has 4 heteroatoms. The summed E-state index contributed by atoms with van der Waals surface area (Å²) in [5.74, 6) is 0.878. The van der Waals surface area contributed by atoms with Crippen LogP contribution in [0.15, 0.2) is 22.8 Å². The summed E-state index contributed by atoms with van der Waals surface area (Å²) in [7, 11) is 0. The van der Waals surface area contributed by atoms with E-state index in [0.717, 1.165) is 18.6 Å². The van der Waals surface area contributed by atoms with Gasteiger partial charge in [0.1, 0.15) is 5.76 Å². The van der Waals surface area contributed by atoms with E-state index < -0.39 is 0 Å². The van der Waals surface area contributed by atoms with Gasteiger partial charge in [-0.05, 0) is 32.4 Å². The molecule has 1 heterocycles. The number of nitrogens with one attached hydrogen (secondary N) is 2. The zero-order valence-electron chi connectivity index (χ0n) is 10.8. The third-order valence-electron chi connectivity index (χ3n) is 2.67. The second-order valence-electron chi connectivity index (χ2n) is 4.38. The van der Waals surface area contributed by atoms with E-state index in [0.29, 0.717) is 6.54 Å². The monoisotopic (exact) mass is 238 g/mol. The van der Waals surface area contributed by atoms with Gasteiger partial charge in [-0.1, -0.05) is 13.3 Å². The third-order valence-corrected chi connectivity index (χ3v) is 2.67. The molecule has 96 valence electrons. The molecular weight excluding hydrogens is 216 g/mol. The van der Waals surface area contributed by atoms with Crippen molar-refractivity contribution in [1.82, 2.24) is 10.6 Å². The summed E-state index contributed by atoms with van der Waals surface area (Å²) in [6.07, 6.45) is 3.73. The fourth-order valence-electron chi connectivity index (χ4n) is 1.72. The molecule has 0 bridgehead atoms. The van der Waals surface area contributed by atoms with Gasteiger partial charge in [-0.2, -0.15) is 0 Å². The van der Waals surface area contributed by atoms with E-state index in [4.69, 9.17) is 4.42 Å². The van der Waals surface area contributed by atoms with Crippen molar-refractivity contribution in [3.8, 4) is 0 Å². The van der Waals surface area contributed by atoms with Crippen LogP contribution in [0.25, 0.3) is 0 Å². The molecule has 0 fully saturated rings. The van der Waals surface area contributed by atoms with Crippen LogP contribution in [0.3, 0.4) is 0 Å². The summed E-state index contributed by atoms with van der Waals surface area (Å²) in [5, 5.41) is 6.08. The Hall–Kier alpha value is -1.29. The first kappa shape index (κ1) is 13.8. The molecule has 2 atom stereocenters. The highest BCUT2D eigenvalue weighted by atomic mass is 16.3. The summed E-state index contributed by atoms with van der Waals surface area (Å²) in [6.45, 7) is 6.43. The highest BCUT2D eigenvalue weighted by Crippen LogP contribution is 2.11. The van der Waals surface area contributed by atoms with Gasteiger partial charge in [-0.15, -0.1) is 0 Å². The minimum Gasteiger partial charge on any atom is -0.468 e. The van der Waals surface area contributed by atoms with Crippen molar-refractivity contribution in [2.45, 2.75) is 45.7 Å². The zero-order valence-corrected chi connectivity index (χ0v) is 10.8. The van der Waals surface area contributed by atoms with Gasteiger partial charge in [0.2, 0.25) is 5.91 Å². The maximum Gasteiger partial charge on any atom is 0.234 e. The largest absolute Gasteiger partial charge is 0.468 e. The van der Waals surface area contributed by atoms with Gasteiger partial charge in [-0.3, -0.25) is 10.1 Å². The Morgan fingerprint density at radius 1 is 1.47 bits per heavy atom. The average Bonchev–Trinajstić information content (AvgIpc) is 2.79. The smallest absolute Gasteiger partial charge is 0.234 e. The van der Waals surface area contributed by atoms with Crippen LogP contribution in [0.2, 0.25) is 0 Å². The van der Waals surface area contributed by atoms with Crippen LogP contribution in [0.4, 0.5) is 0 Å². The summed E-state index contributed by atoms with van der Waals surface area (Å²) in [6, 6.07) is 4.04. The topological polar surface area (TPSA) is 54.3 Å². The van der Waals surface area contributed by atoms with E-state index in [-0.39, 0.29) is 18.0 Å². The molecule has 0 saturated heterocycles. The molecule has 1 rings (SSSR count). The fraction of sp³-hybridized carbons (Fsp3) is 0.615. The molecule has 0 aliphatic rings. The molecule has 1 aromatic rings. The Kier molecular flexibility index (Phi) is 5.77. The third kappa shape index (κ3) is 5.04. The predicted molar refractivity (Wildman–Crippen MR) is 67.6 cm³/mol. The van der Waals surface area contributed by atoms with Gasteiger partial charge in [0, 0.05) is 6.04 Å². The maximum absolute atomic E-state index is 11.6. The molecule has 2 N–H and O–H groups in total. The number of hydrogen-bond donors (Lipinski definition) is 2. The average molecular weight is 238 g/mol. The fourth-order valence-corrected chi connectivity index (χ4v) is 1.72. The van der Waals surface area contributed by atoms with Crippen molar-refractivity contribution in [3.63, 3.8) is 0 Å². The quantitative estimate of drug-likeness (QED) is 0.766. The van der Waals surface area contributed by atoms with Crippen molar-refractivity contribution in [2.75, 3.05) is 6.54 Å². The number of rotatable bonds is 7. The minimum absolute atomic E-state index is 0.0318. The first-order valence-electron chi connectivity index (χ1n) is 6.19. The van der Waals surface area contributed by atoms with Crippen LogP contribution in [-0.4, -0.2) is 18.5 Å². The Morgan fingerprint density at radius 3 is 2.82 bits per heavy atom. The summed E-state index contributed by atoms with van der Waals surface area (Å²) in [5.41, 5.74) is 0. The van der Waals surface area contributed by atoms with Gasteiger partial charge in [0.15, 0.2) is 0 Å². The van der Waals surface area contributed by atoms with Gasteiger partial charge in [0.25, 0.3) is 0 Å². The van der Waals surface area contributed by atoms with Gasteiger partial charge < -0.3 is 9.73 Å². The van der Waals surface area contributed by atoms with Crippen LogP contribution in [0.1, 0.15) is 45.4 Å². The molecule has 0 spiro atoms. The van der Waals surface area contributed by atoms with Crippen molar-refractivity contribution in [1.29, 1.82) is 0 Å². The molecule has 0 saturated carbocycles. The Morgan fingerprint density at radius 2 is 2.24 bits per heavy atom. The lowest BCUT2D eigenvalue weighted by Gasteiger charge is -2.15. The maximum atomic E-state index is 11.6. The molecule has 1 unspecified atom stereocenters. The number of hydrogen-bond acceptors (Lipinski definition) is 3. The lowest BCUT2D eigenvalue weighted by atomic mass is 10.2. The summed E-state index contributed by atoms with van der Waals surface area (Å²) in [4.78, 5) is 11.6. The first-order chi connectivity index (χ1) is 8.13. The summed E-state index contributed by atoms with van der Waals surface area (Å²) >= 11 is 0. The van der Waals surface area contributed by atoms with Crippen molar-refractivity contribution in [3.05, 3.63) is 24.2 Å². The van der Waals surface area contributed by atoms with E-state index in [1.54, 1.807) is 6.26 Å². The van der Waals surface area contributed by atoms with Crippen LogP contribution in [-0.2, 0) is 4.79 Å². The number of amides is 1. The normalized spacial score (nSPS) is 14.3. The van der Waals surface area contributed by atoms with Crippen LogP contribution >= 0.6 is 0 Å². The number of carbonyl (C=O) groups is 1. The molecule has 17 heavy (non-hydrogen) atoms. The Balaban J connectivity index is 2.24. The van der Waals surface area contributed by atoms with Crippen molar-refractivity contribution >= 4 is 5.91 Å². The van der Waals surface area contributed by atoms with Gasteiger partial charge in [0.05, 0.1) is 18.8 Å². The van der Waals surface area contributed by atoms with Gasteiger partial charge >= 0.3 is 0 Å². The minimum atomic E-state index is 0.0318. The SMILES string of the molecule is CCCC(C)NC(=O)CN[C@H](C)c1ccco1. The van der Waals surface area contributed by atoms with E-state index in [9.17, 15) is 4.79 Å². The molecular formula is C13H22N2O2. The van der Waals surface area contributed by atoms with Crippen LogP contribution < -0.4 is 10.6 Å². The van der Waals surface area contributed by atoms with Crippen molar-refractivity contribution < 1.29 is 9.21 Å². The summed E-state index contributed by atoms with van der Waals surface area (Å²) < 4.78 is 5.25. The van der Waals surface area contributed by atoms with E-state index in [1.807, 2.05) is 26.0 Å². The molecule has 0 radical (unpaired) electrons. The molecule has 4 nitrogen and oxygen atoms in total. The zero-order chi connectivity index (χ0) is 12.7. The Labute approximate surface area is 103 Å².